The number of aromatic nitrogens is 3. The summed E-state index contributed by atoms with van der Waals surface area (Å²) in [6.45, 7) is 5.75. The molecule has 6 fully saturated rings. The molecule has 0 radical (unpaired) electrons. The molecule has 5 heterocycles. The highest BCUT2D eigenvalue weighted by Gasteiger charge is 2.53. The summed E-state index contributed by atoms with van der Waals surface area (Å²) < 4.78 is 50.9. The number of amides is 1. The number of ether oxygens (including phenoxy) is 3. The van der Waals surface area contributed by atoms with E-state index in [0.29, 0.717) is 36.5 Å². The van der Waals surface area contributed by atoms with Crippen LogP contribution in [0.1, 0.15) is 83.1 Å². The van der Waals surface area contributed by atoms with Gasteiger partial charge in [0.1, 0.15) is 39.6 Å². The Kier molecular flexibility index (Phi) is 10.0. The molecule has 1 spiro atoms. The molecule has 3 saturated carbocycles. The molecular formula is C47H54F2N6O6. The number of methoxy groups -OCH3 is 1. The number of nitrogens with zero attached hydrogens (tertiary/aromatic N) is 6. The molecule has 3 saturated heterocycles. The highest BCUT2D eigenvalue weighted by Crippen LogP contribution is 2.52. The fourth-order valence-electron chi connectivity index (χ4n) is 11.6. The Bertz CT molecular complexity index is 2440. The first-order valence-corrected chi connectivity index (χ1v) is 22.0. The van der Waals surface area contributed by atoms with Crippen LogP contribution in [0.25, 0.3) is 32.9 Å². The van der Waals surface area contributed by atoms with E-state index in [1.807, 2.05) is 4.90 Å². The van der Waals surface area contributed by atoms with Crippen molar-refractivity contribution in [3.63, 3.8) is 0 Å². The second-order valence-corrected chi connectivity index (χ2v) is 19.1. The van der Waals surface area contributed by atoms with Gasteiger partial charge in [0.15, 0.2) is 5.82 Å². The van der Waals surface area contributed by atoms with Crippen molar-refractivity contribution in [3.05, 3.63) is 41.5 Å². The van der Waals surface area contributed by atoms with Crippen molar-refractivity contribution >= 4 is 33.4 Å². The molecule has 1 amide bonds. The van der Waals surface area contributed by atoms with E-state index in [1.54, 1.807) is 6.92 Å². The van der Waals surface area contributed by atoms with Gasteiger partial charge in [-0.15, -0.1) is 6.42 Å². The van der Waals surface area contributed by atoms with Crippen LogP contribution in [0.15, 0.2) is 24.3 Å². The molecule has 4 aromatic rings. The number of likely N-dealkylation sites (tertiary alicyclic amines) is 2. The fraction of sp³-hybridized carbons (Fsp3) is 0.574. The molecular weight excluding hydrogens is 783 g/mol. The molecule has 12 nitrogen and oxygen atoms in total. The third-order valence-electron chi connectivity index (χ3n) is 14.7. The predicted octanol–water partition coefficient (Wildman–Crippen LogP) is 6.60. The maximum atomic E-state index is 17.5. The molecule has 61 heavy (non-hydrogen) atoms. The summed E-state index contributed by atoms with van der Waals surface area (Å²) in [5, 5.41) is 22.8. The van der Waals surface area contributed by atoms with E-state index in [9.17, 15) is 15.0 Å². The molecule has 6 aliphatic rings. The van der Waals surface area contributed by atoms with Crippen molar-refractivity contribution in [3.8, 4) is 41.2 Å². The number of phenols is 1. The van der Waals surface area contributed by atoms with Crippen LogP contribution < -0.4 is 14.4 Å². The number of carbonyl (C=O) groups is 1. The smallest absolute Gasteiger partial charge is 0.319 e. The lowest BCUT2D eigenvalue weighted by molar-refractivity contribution is -0.148. The standard InChI is InChI=1S/C47H54F2N6O6/c1-4-32-34(48)11-10-29-21-31(56)22-33(36(29)32)39-38(49)40-37(42(50-39)59-3)41(53-19-20-60-26-45(2,58)23-53)52-44(51-40)61-27-47-14-5-7-35(47)55(18-6-15-47)30-12-16-46(17-13-30)24-54(25-46)43(57)28-8-9-28/h1,10-11,21-22,28,30,35,56,58H,5-9,12-20,23-27H2,2-3H3/t35-,45+,47-/m1/s1. The highest BCUT2D eigenvalue weighted by molar-refractivity contribution is 6.04. The van der Waals surface area contributed by atoms with Crippen LogP contribution in [0, 0.1) is 40.7 Å². The lowest BCUT2D eigenvalue weighted by Gasteiger charge is -2.56. The Balaban J connectivity index is 0.991. The van der Waals surface area contributed by atoms with E-state index < -0.39 is 17.2 Å². The average molecular weight is 837 g/mol. The number of carbonyl (C=O) groups excluding carboxylic acids is 1. The number of aliphatic hydroxyl groups is 1. The largest absolute Gasteiger partial charge is 0.508 e. The number of aromatic hydroxyl groups is 1. The summed E-state index contributed by atoms with van der Waals surface area (Å²) in [6.07, 6.45) is 17.7. The Hall–Kier alpha value is -4.84. The first kappa shape index (κ1) is 40.2. The monoisotopic (exact) mass is 836 g/mol. The number of halogens is 2. The Morgan fingerprint density at radius 2 is 1.79 bits per heavy atom. The summed E-state index contributed by atoms with van der Waals surface area (Å²) in [4.78, 5) is 33.7. The number of rotatable bonds is 8. The summed E-state index contributed by atoms with van der Waals surface area (Å²) >= 11 is 0. The number of terminal acetylenes is 1. The number of pyridine rings is 1. The van der Waals surface area contributed by atoms with Crippen LogP contribution in [-0.4, -0.2) is 118 Å². The van der Waals surface area contributed by atoms with Crippen LogP contribution in [-0.2, 0) is 9.53 Å². The van der Waals surface area contributed by atoms with Gasteiger partial charge in [-0.2, -0.15) is 9.97 Å². The van der Waals surface area contributed by atoms with Gasteiger partial charge in [-0.25, -0.2) is 13.8 Å². The maximum absolute atomic E-state index is 17.5. The van der Waals surface area contributed by atoms with Crippen molar-refractivity contribution in [2.24, 2.45) is 16.7 Å². The molecule has 2 aromatic heterocycles. The minimum atomic E-state index is -1.25. The van der Waals surface area contributed by atoms with Gasteiger partial charge in [0, 0.05) is 59.4 Å². The first-order chi connectivity index (χ1) is 29.4. The van der Waals surface area contributed by atoms with Crippen LogP contribution >= 0.6 is 0 Å². The molecule has 14 heteroatoms. The van der Waals surface area contributed by atoms with Crippen molar-refractivity contribution in [2.45, 2.75) is 95.2 Å². The number of phenolic OH excluding ortho intramolecular Hbond substituents is 1. The zero-order valence-electron chi connectivity index (χ0n) is 35.0. The number of anilines is 1. The van der Waals surface area contributed by atoms with Crippen molar-refractivity contribution in [2.75, 3.05) is 64.6 Å². The summed E-state index contributed by atoms with van der Waals surface area (Å²) in [7, 11) is 1.41. The van der Waals surface area contributed by atoms with Gasteiger partial charge in [0.2, 0.25) is 11.8 Å². The lowest BCUT2D eigenvalue weighted by atomic mass is 9.66. The van der Waals surface area contributed by atoms with Gasteiger partial charge in [0.25, 0.3) is 0 Å². The second kappa shape index (κ2) is 15.2. The molecule has 0 bridgehead atoms. The van der Waals surface area contributed by atoms with E-state index in [0.717, 1.165) is 90.3 Å². The van der Waals surface area contributed by atoms with Crippen molar-refractivity contribution < 1.29 is 38.0 Å². The number of hydrogen-bond acceptors (Lipinski definition) is 11. The van der Waals surface area contributed by atoms with Gasteiger partial charge in [-0.05, 0) is 101 Å². The van der Waals surface area contributed by atoms with Crippen LogP contribution in [0.2, 0.25) is 0 Å². The maximum Gasteiger partial charge on any atom is 0.319 e. The molecule has 2 N–H and O–H groups in total. The van der Waals surface area contributed by atoms with Crippen LogP contribution in [0.3, 0.4) is 0 Å². The van der Waals surface area contributed by atoms with E-state index in [1.165, 1.54) is 31.4 Å². The Labute approximate surface area is 354 Å². The van der Waals surface area contributed by atoms with Gasteiger partial charge in [0.05, 0.1) is 39.0 Å². The SMILES string of the molecule is C#Cc1c(F)ccc2cc(O)cc(-c3nc(OC)c4c(N5CCOC[C@@](C)(O)C5)nc(OC[C@]56CCC[C@H]5N(C5CCC7(CC5)CN(C(=O)C5CC5)C7)CCC6)nc4c3F)c12. The quantitative estimate of drug-likeness (QED) is 0.186. The molecule has 3 atom stereocenters. The zero-order valence-corrected chi connectivity index (χ0v) is 35.0. The third kappa shape index (κ3) is 7.10. The summed E-state index contributed by atoms with van der Waals surface area (Å²) in [5.74, 6) is 1.59. The number of benzene rings is 2. The molecule has 322 valence electrons. The third-order valence-corrected chi connectivity index (χ3v) is 14.7. The molecule has 0 unspecified atom stereocenters. The van der Waals surface area contributed by atoms with Gasteiger partial charge in [-0.1, -0.05) is 18.4 Å². The second-order valence-electron chi connectivity index (χ2n) is 19.1. The minimum absolute atomic E-state index is 0.0105. The molecule has 10 rings (SSSR count). The van der Waals surface area contributed by atoms with Gasteiger partial charge < -0.3 is 34.2 Å². The molecule has 3 aliphatic heterocycles. The number of hydrogen-bond donors (Lipinski definition) is 2. The Morgan fingerprint density at radius 1 is 1.00 bits per heavy atom. The molecule has 3 aliphatic carbocycles. The van der Waals surface area contributed by atoms with E-state index in [4.69, 9.17) is 30.6 Å². The lowest BCUT2D eigenvalue weighted by Crippen LogP contribution is -2.62. The minimum Gasteiger partial charge on any atom is -0.508 e. The van der Waals surface area contributed by atoms with E-state index >= 15 is 8.78 Å². The Morgan fingerprint density at radius 3 is 2.54 bits per heavy atom. The number of fused-ring (bicyclic) bond motifs is 3. The van der Waals surface area contributed by atoms with Gasteiger partial charge >= 0.3 is 6.01 Å². The topological polar surface area (TPSA) is 134 Å². The molecule has 2 aromatic carbocycles. The fourth-order valence-corrected chi connectivity index (χ4v) is 11.6. The van der Waals surface area contributed by atoms with Crippen LogP contribution in [0.4, 0.5) is 14.6 Å². The van der Waals surface area contributed by atoms with E-state index in [2.05, 4.69) is 20.7 Å². The van der Waals surface area contributed by atoms with Crippen LogP contribution in [0.5, 0.6) is 17.6 Å². The van der Waals surface area contributed by atoms with Crippen molar-refractivity contribution in [1.82, 2.24) is 24.8 Å². The first-order valence-electron chi connectivity index (χ1n) is 22.0. The van der Waals surface area contributed by atoms with Crippen molar-refractivity contribution in [1.29, 1.82) is 0 Å². The average Bonchev–Trinajstić information content (AvgIpc) is 4.03. The number of β-amino-alcohol motifs (C(OH)–C–C–N with tert-alkyl or cyclic N) is 1. The highest BCUT2D eigenvalue weighted by atomic mass is 19.1. The normalized spacial score (nSPS) is 26.9. The number of piperidine rings is 1. The zero-order chi connectivity index (χ0) is 42.3. The van der Waals surface area contributed by atoms with E-state index in [-0.39, 0.29) is 93.1 Å². The van der Waals surface area contributed by atoms with Gasteiger partial charge in [-0.3, -0.25) is 9.69 Å². The predicted molar refractivity (Wildman–Crippen MR) is 225 cm³/mol. The summed E-state index contributed by atoms with van der Waals surface area (Å²) in [5.41, 5.74) is -1.52. The summed E-state index contributed by atoms with van der Waals surface area (Å²) in [6, 6.07) is 6.23.